The topological polar surface area (TPSA) is 52.6 Å². The van der Waals surface area contributed by atoms with Crippen molar-refractivity contribution in [3.63, 3.8) is 0 Å². The summed E-state index contributed by atoms with van der Waals surface area (Å²) >= 11 is 0. The van der Waals surface area contributed by atoms with Crippen LogP contribution in [0.3, 0.4) is 0 Å². The number of phenols is 1. The van der Waals surface area contributed by atoms with Gasteiger partial charge in [-0.05, 0) is 49.2 Å². The summed E-state index contributed by atoms with van der Waals surface area (Å²) < 4.78 is 0. The molecule has 2 N–H and O–H groups in total. The predicted molar refractivity (Wildman–Crippen MR) is 106 cm³/mol. The number of rotatable bonds is 8. The number of aromatic hydroxyl groups is 1. The zero-order chi connectivity index (χ0) is 19.2. The molecule has 2 aromatic rings. The standard InChI is InChI=1S/C22H30N2O2/c1-22(2,18-8-6-5-7-9-18)15-21(26)23-16-19(24(3)4)14-17-10-12-20(25)13-11-17/h5-13,19,25H,14-16H2,1-4H3,(H,23,26)/t19-/m0/s1. The molecule has 0 heterocycles. The number of phenolic OH excluding ortho intramolecular Hbond substituents is 1. The van der Waals surface area contributed by atoms with Gasteiger partial charge in [0.25, 0.3) is 0 Å². The fourth-order valence-corrected chi connectivity index (χ4v) is 3.03. The molecular formula is C22H30N2O2. The summed E-state index contributed by atoms with van der Waals surface area (Å²) in [6.07, 6.45) is 1.27. The second kappa shape index (κ2) is 8.86. The molecule has 0 radical (unpaired) electrons. The van der Waals surface area contributed by atoms with E-state index in [-0.39, 0.29) is 23.1 Å². The summed E-state index contributed by atoms with van der Waals surface area (Å²) in [5, 5.41) is 12.5. The number of carbonyl (C=O) groups excluding carboxylic acids is 1. The molecule has 0 bridgehead atoms. The summed E-state index contributed by atoms with van der Waals surface area (Å²) in [6, 6.07) is 17.6. The van der Waals surface area contributed by atoms with Gasteiger partial charge in [-0.3, -0.25) is 4.79 Å². The molecule has 0 aliphatic heterocycles. The number of likely N-dealkylation sites (N-methyl/N-ethyl adjacent to an activating group) is 1. The Kier molecular flexibility index (Phi) is 6.81. The number of hydrogen-bond acceptors (Lipinski definition) is 3. The first-order chi connectivity index (χ1) is 12.3. The molecule has 140 valence electrons. The van der Waals surface area contributed by atoms with Gasteiger partial charge in [-0.15, -0.1) is 0 Å². The second-order valence-electron chi connectivity index (χ2n) is 7.72. The van der Waals surface area contributed by atoms with Crippen molar-refractivity contribution in [1.29, 1.82) is 0 Å². The molecule has 0 aliphatic carbocycles. The van der Waals surface area contributed by atoms with Crippen LogP contribution in [0.2, 0.25) is 0 Å². The third-order valence-corrected chi connectivity index (χ3v) is 4.83. The first-order valence-electron chi connectivity index (χ1n) is 9.04. The van der Waals surface area contributed by atoms with E-state index in [0.717, 1.165) is 12.0 Å². The number of carbonyl (C=O) groups is 1. The van der Waals surface area contributed by atoms with Gasteiger partial charge in [0.1, 0.15) is 5.75 Å². The van der Waals surface area contributed by atoms with E-state index in [2.05, 4.69) is 36.2 Å². The molecule has 1 amide bonds. The Morgan fingerprint density at radius 2 is 1.69 bits per heavy atom. The molecule has 2 rings (SSSR count). The number of benzene rings is 2. The van der Waals surface area contributed by atoms with E-state index < -0.39 is 0 Å². The van der Waals surface area contributed by atoms with Crippen LogP contribution in [0.5, 0.6) is 5.75 Å². The highest BCUT2D eigenvalue weighted by Gasteiger charge is 2.24. The highest BCUT2D eigenvalue weighted by atomic mass is 16.3. The lowest BCUT2D eigenvalue weighted by Gasteiger charge is -2.27. The summed E-state index contributed by atoms with van der Waals surface area (Å²) in [5.74, 6) is 0.336. The highest BCUT2D eigenvalue weighted by molar-refractivity contribution is 5.77. The minimum absolute atomic E-state index is 0.0661. The third-order valence-electron chi connectivity index (χ3n) is 4.83. The first-order valence-corrected chi connectivity index (χ1v) is 9.04. The monoisotopic (exact) mass is 354 g/mol. The molecule has 4 nitrogen and oxygen atoms in total. The Morgan fingerprint density at radius 1 is 1.08 bits per heavy atom. The van der Waals surface area contributed by atoms with Crippen molar-refractivity contribution in [1.82, 2.24) is 10.2 Å². The summed E-state index contributed by atoms with van der Waals surface area (Å²) in [5.41, 5.74) is 2.11. The Balaban J connectivity index is 1.91. The molecule has 4 heteroatoms. The average Bonchev–Trinajstić information content (AvgIpc) is 2.60. The molecule has 0 spiro atoms. The molecule has 0 saturated heterocycles. The van der Waals surface area contributed by atoms with Gasteiger partial charge < -0.3 is 15.3 Å². The smallest absolute Gasteiger partial charge is 0.220 e. The van der Waals surface area contributed by atoms with Crippen molar-refractivity contribution in [3.05, 3.63) is 65.7 Å². The van der Waals surface area contributed by atoms with E-state index in [0.29, 0.717) is 13.0 Å². The van der Waals surface area contributed by atoms with E-state index in [9.17, 15) is 9.90 Å². The SMILES string of the molecule is CN(C)[C@H](CNC(=O)CC(C)(C)c1ccccc1)Cc1ccc(O)cc1. The normalized spacial score (nSPS) is 12.8. The fourth-order valence-electron chi connectivity index (χ4n) is 3.03. The number of nitrogens with one attached hydrogen (secondary N) is 1. The van der Waals surface area contributed by atoms with E-state index in [4.69, 9.17) is 0 Å². The van der Waals surface area contributed by atoms with Crippen LogP contribution >= 0.6 is 0 Å². The van der Waals surface area contributed by atoms with E-state index >= 15 is 0 Å². The lowest BCUT2D eigenvalue weighted by atomic mass is 9.81. The lowest BCUT2D eigenvalue weighted by Crippen LogP contribution is -2.42. The van der Waals surface area contributed by atoms with E-state index in [1.807, 2.05) is 44.4 Å². The van der Waals surface area contributed by atoms with Crippen LogP contribution < -0.4 is 5.32 Å². The van der Waals surface area contributed by atoms with Gasteiger partial charge in [0.2, 0.25) is 5.91 Å². The quantitative estimate of drug-likeness (QED) is 0.764. The molecule has 26 heavy (non-hydrogen) atoms. The molecule has 0 aliphatic rings. The Morgan fingerprint density at radius 3 is 2.27 bits per heavy atom. The van der Waals surface area contributed by atoms with Crippen molar-refractivity contribution < 1.29 is 9.90 Å². The van der Waals surface area contributed by atoms with Crippen LogP contribution in [-0.2, 0) is 16.6 Å². The van der Waals surface area contributed by atoms with Crippen molar-refractivity contribution in [2.75, 3.05) is 20.6 Å². The van der Waals surface area contributed by atoms with Crippen molar-refractivity contribution in [3.8, 4) is 5.75 Å². The Bertz CT molecular complexity index is 694. The van der Waals surface area contributed by atoms with Crippen LogP contribution in [0.4, 0.5) is 0 Å². The maximum Gasteiger partial charge on any atom is 0.220 e. The van der Waals surface area contributed by atoms with Crippen molar-refractivity contribution in [2.45, 2.75) is 38.1 Å². The van der Waals surface area contributed by atoms with Gasteiger partial charge in [-0.2, -0.15) is 0 Å². The largest absolute Gasteiger partial charge is 0.508 e. The number of nitrogens with zero attached hydrogens (tertiary/aromatic N) is 1. The molecule has 0 fully saturated rings. The molecule has 0 aromatic heterocycles. The Hall–Kier alpha value is -2.33. The van der Waals surface area contributed by atoms with Crippen LogP contribution in [-0.4, -0.2) is 42.6 Å². The minimum Gasteiger partial charge on any atom is -0.508 e. The fraction of sp³-hybridized carbons (Fsp3) is 0.409. The van der Waals surface area contributed by atoms with Gasteiger partial charge in [0.15, 0.2) is 0 Å². The molecule has 0 unspecified atom stereocenters. The second-order valence-corrected chi connectivity index (χ2v) is 7.72. The van der Waals surface area contributed by atoms with Crippen LogP contribution in [0.25, 0.3) is 0 Å². The van der Waals surface area contributed by atoms with Gasteiger partial charge >= 0.3 is 0 Å². The van der Waals surface area contributed by atoms with Gasteiger partial charge in [-0.1, -0.05) is 56.3 Å². The molecular weight excluding hydrogens is 324 g/mol. The zero-order valence-electron chi connectivity index (χ0n) is 16.2. The lowest BCUT2D eigenvalue weighted by molar-refractivity contribution is -0.122. The van der Waals surface area contributed by atoms with Gasteiger partial charge in [0.05, 0.1) is 0 Å². The minimum atomic E-state index is -0.198. The predicted octanol–water partition coefficient (Wildman–Crippen LogP) is 3.35. The van der Waals surface area contributed by atoms with Gasteiger partial charge in [0, 0.05) is 19.0 Å². The summed E-state index contributed by atoms with van der Waals surface area (Å²) in [6.45, 7) is 4.79. The highest BCUT2D eigenvalue weighted by Crippen LogP contribution is 2.26. The van der Waals surface area contributed by atoms with Crippen LogP contribution in [0.1, 0.15) is 31.4 Å². The number of hydrogen-bond donors (Lipinski definition) is 2. The van der Waals surface area contributed by atoms with E-state index in [1.165, 1.54) is 5.56 Å². The molecule has 0 saturated carbocycles. The van der Waals surface area contributed by atoms with Crippen molar-refractivity contribution in [2.24, 2.45) is 0 Å². The zero-order valence-corrected chi connectivity index (χ0v) is 16.2. The summed E-state index contributed by atoms with van der Waals surface area (Å²) in [4.78, 5) is 14.6. The maximum atomic E-state index is 12.5. The van der Waals surface area contributed by atoms with Crippen LogP contribution in [0.15, 0.2) is 54.6 Å². The maximum absolute atomic E-state index is 12.5. The molecule has 2 aromatic carbocycles. The number of amides is 1. The summed E-state index contributed by atoms with van der Waals surface area (Å²) in [7, 11) is 4.04. The van der Waals surface area contributed by atoms with Crippen LogP contribution in [0, 0.1) is 0 Å². The molecule has 1 atom stereocenters. The van der Waals surface area contributed by atoms with Gasteiger partial charge in [-0.25, -0.2) is 0 Å². The first kappa shape index (κ1) is 20.0. The Labute approximate surface area is 156 Å². The van der Waals surface area contributed by atoms with Crippen molar-refractivity contribution >= 4 is 5.91 Å². The average molecular weight is 354 g/mol. The van der Waals surface area contributed by atoms with E-state index in [1.54, 1.807) is 12.1 Å². The third kappa shape index (κ3) is 5.88.